The van der Waals surface area contributed by atoms with Gasteiger partial charge in [-0.3, -0.25) is 0 Å². The van der Waals surface area contributed by atoms with Gasteiger partial charge in [0, 0.05) is 39.9 Å². The second-order valence-electron chi connectivity index (χ2n) is 3.81. The predicted molar refractivity (Wildman–Crippen MR) is 63.3 cm³/mol. The normalized spacial score (nSPS) is 13.4. The van der Waals surface area contributed by atoms with Crippen molar-refractivity contribution < 1.29 is 9.47 Å². The van der Waals surface area contributed by atoms with Gasteiger partial charge >= 0.3 is 0 Å². The van der Waals surface area contributed by atoms with Crippen LogP contribution in [0.2, 0.25) is 0 Å². The zero-order valence-electron chi connectivity index (χ0n) is 10.6. The summed E-state index contributed by atoms with van der Waals surface area (Å²) in [7, 11) is 5.59. The molecule has 92 valence electrons. The molecule has 0 aromatic rings. The summed E-state index contributed by atoms with van der Waals surface area (Å²) in [5.41, 5.74) is 0. The van der Waals surface area contributed by atoms with Gasteiger partial charge in [-0.1, -0.05) is 6.92 Å². The molecule has 0 radical (unpaired) electrons. The number of likely N-dealkylation sites (N-methyl/N-ethyl adjacent to an activating group) is 1. The van der Waals surface area contributed by atoms with Crippen LogP contribution in [0.4, 0.5) is 0 Å². The molecular formula is C11H26N2O2. The minimum Gasteiger partial charge on any atom is -0.383 e. The third-order valence-electron chi connectivity index (χ3n) is 2.46. The van der Waals surface area contributed by atoms with Crippen molar-refractivity contribution in [3.05, 3.63) is 0 Å². The molecule has 0 rings (SSSR count). The van der Waals surface area contributed by atoms with Crippen LogP contribution in [0.3, 0.4) is 0 Å². The summed E-state index contributed by atoms with van der Waals surface area (Å²) < 4.78 is 10.1. The fourth-order valence-corrected chi connectivity index (χ4v) is 1.34. The lowest BCUT2D eigenvalue weighted by atomic mass is 10.2. The topological polar surface area (TPSA) is 33.7 Å². The van der Waals surface area contributed by atoms with E-state index in [1.54, 1.807) is 14.2 Å². The monoisotopic (exact) mass is 218 g/mol. The highest BCUT2D eigenvalue weighted by Gasteiger charge is 2.04. The number of hydrogen-bond donors (Lipinski definition) is 1. The maximum Gasteiger partial charge on any atom is 0.0615 e. The molecule has 0 aliphatic heterocycles. The summed E-state index contributed by atoms with van der Waals surface area (Å²) in [6, 6.07) is 0.478. The van der Waals surface area contributed by atoms with E-state index in [4.69, 9.17) is 9.47 Å². The lowest BCUT2D eigenvalue weighted by molar-refractivity contribution is 0.151. The molecule has 0 saturated heterocycles. The number of rotatable bonds is 10. The maximum absolute atomic E-state index is 5.12. The van der Waals surface area contributed by atoms with Crippen LogP contribution < -0.4 is 5.32 Å². The van der Waals surface area contributed by atoms with Crippen molar-refractivity contribution in [1.82, 2.24) is 10.2 Å². The van der Waals surface area contributed by atoms with E-state index in [0.717, 1.165) is 39.3 Å². The van der Waals surface area contributed by atoms with Crippen molar-refractivity contribution in [2.45, 2.75) is 19.4 Å². The van der Waals surface area contributed by atoms with E-state index in [9.17, 15) is 0 Å². The Hall–Kier alpha value is -0.160. The van der Waals surface area contributed by atoms with E-state index < -0.39 is 0 Å². The molecule has 0 aromatic carbocycles. The first-order chi connectivity index (χ1) is 7.24. The summed E-state index contributed by atoms with van der Waals surface area (Å²) >= 11 is 0. The SMILES string of the molecule is CCC(COC)NCCN(C)CCOC. The van der Waals surface area contributed by atoms with Gasteiger partial charge in [-0.25, -0.2) is 0 Å². The number of nitrogens with one attached hydrogen (secondary N) is 1. The molecule has 15 heavy (non-hydrogen) atoms. The van der Waals surface area contributed by atoms with Gasteiger partial charge < -0.3 is 19.7 Å². The van der Waals surface area contributed by atoms with Gasteiger partial charge in [-0.05, 0) is 13.5 Å². The Balaban J connectivity index is 3.41. The molecule has 0 aromatic heterocycles. The summed E-state index contributed by atoms with van der Waals surface area (Å²) in [5.74, 6) is 0. The number of hydrogen-bond acceptors (Lipinski definition) is 4. The third-order valence-corrected chi connectivity index (χ3v) is 2.46. The van der Waals surface area contributed by atoms with Crippen LogP contribution in [-0.4, -0.2) is 65.1 Å². The van der Waals surface area contributed by atoms with Crippen LogP contribution in [-0.2, 0) is 9.47 Å². The zero-order valence-corrected chi connectivity index (χ0v) is 10.6. The highest BCUT2D eigenvalue weighted by molar-refractivity contribution is 4.64. The van der Waals surface area contributed by atoms with E-state index in [0.29, 0.717) is 6.04 Å². The smallest absolute Gasteiger partial charge is 0.0615 e. The summed E-state index contributed by atoms with van der Waals surface area (Å²) in [5, 5.41) is 3.47. The van der Waals surface area contributed by atoms with E-state index in [2.05, 4.69) is 24.2 Å². The molecule has 1 atom stereocenters. The van der Waals surface area contributed by atoms with E-state index in [1.807, 2.05) is 0 Å². The van der Waals surface area contributed by atoms with Crippen molar-refractivity contribution >= 4 is 0 Å². The molecule has 0 saturated carbocycles. The third kappa shape index (κ3) is 8.81. The highest BCUT2D eigenvalue weighted by atomic mass is 16.5. The number of nitrogens with zero attached hydrogens (tertiary/aromatic N) is 1. The van der Waals surface area contributed by atoms with Crippen LogP contribution in [0.5, 0.6) is 0 Å². The Labute approximate surface area is 93.9 Å². The van der Waals surface area contributed by atoms with Crippen molar-refractivity contribution in [2.24, 2.45) is 0 Å². The maximum atomic E-state index is 5.12. The average Bonchev–Trinajstić information content (AvgIpc) is 2.25. The molecule has 4 nitrogen and oxygen atoms in total. The van der Waals surface area contributed by atoms with Crippen LogP contribution in [0, 0.1) is 0 Å². The molecular weight excluding hydrogens is 192 g/mol. The molecule has 4 heteroatoms. The molecule has 0 heterocycles. The average molecular weight is 218 g/mol. The second kappa shape index (κ2) is 10.4. The molecule has 1 unspecified atom stereocenters. The Bertz CT molecular complexity index is 134. The van der Waals surface area contributed by atoms with Gasteiger partial charge in [0.05, 0.1) is 13.2 Å². The van der Waals surface area contributed by atoms with Crippen LogP contribution >= 0.6 is 0 Å². The van der Waals surface area contributed by atoms with Gasteiger partial charge in [-0.15, -0.1) is 0 Å². The molecule has 0 spiro atoms. The van der Waals surface area contributed by atoms with Gasteiger partial charge in [0.2, 0.25) is 0 Å². The lowest BCUT2D eigenvalue weighted by Gasteiger charge is -2.20. The molecule has 1 N–H and O–H groups in total. The van der Waals surface area contributed by atoms with Crippen LogP contribution in [0.25, 0.3) is 0 Å². The van der Waals surface area contributed by atoms with Crippen molar-refractivity contribution in [2.75, 3.05) is 54.1 Å². The molecule has 0 bridgehead atoms. The molecule has 0 aliphatic carbocycles. The van der Waals surface area contributed by atoms with E-state index in [1.165, 1.54) is 0 Å². The lowest BCUT2D eigenvalue weighted by Crippen LogP contribution is -2.38. The number of methoxy groups -OCH3 is 2. The molecule has 0 amide bonds. The minimum atomic E-state index is 0.478. The summed E-state index contributed by atoms with van der Waals surface area (Å²) in [4.78, 5) is 2.26. The first kappa shape index (κ1) is 14.8. The zero-order chi connectivity index (χ0) is 11.5. The van der Waals surface area contributed by atoms with E-state index >= 15 is 0 Å². The predicted octanol–water partition coefficient (Wildman–Crippen LogP) is 0.579. The Morgan fingerprint density at radius 2 is 1.93 bits per heavy atom. The fraction of sp³-hybridized carbons (Fsp3) is 1.00. The summed E-state index contributed by atoms with van der Waals surface area (Å²) in [6.45, 7) is 6.79. The van der Waals surface area contributed by atoms with Gasteiger partial charge in [-0.2, -0.15) is 0 Å². The largest absolute Gasteiger partial charge is 0.383 e. The Kier molecular flexibility index (Phi) is 10.3. The van der Waals surface area contributed by atoms with E-state index in [-0.39, 0.29) is 0 Å². The minimum absolute atomic E-state index is 0.478. The van der Waals surface area contributed by atoms with Gasteiger partial charge in [0.25, 0.3) is 0 Å². The quantitative estimate of drug-likeness (QED) is 0.581. The number of ether oxygens (including phenoxy) is 2. The standard InChI is InChI=1S/C11H26N2O2/c1-5-11(10-15-4)12-6-7-13(2)8-9-14-3/h11-12H,5-10H2,1-4H3. The van der Waals surface area contributed by atoms with Gasteiger partial charge in [0.15, 0.2) is 0 Å². The highest BCUT2D eigenvalue weighted by Crippen LogP contribution is 1.91. The molecule has 0 fully saturated rings. The van der Waals surface area contributed by atoms with Gasteiger partial charge in [0.1, 0.15) is 0 Å². The Morgan fingerprint density at radius 3 is 2.47 bits per heavy atom. The van der Waals surface area contributed by atoms with Crippen molar-refractivity contribution in [3.63, 3.8) is 0 Å². The first-order valence-corrected chi connectivity index (χ1v) is 5.64. The van der Waals surface area contributed by atoms with Crippen LogP contribution in [0.1, 0.15) is 13.3 Å². The second-order valence-corrected chi connectivity index (χ2v) is 3.81. The summed E-state index contributed by atoms with van der Waals surface area (Å²) in [6.07, 6.45) is 1.11. The molecule has 0 aliphatic rings. The first-order valence-electron chi connectivity index (χ1n) is 5.64. The fourth-order valence-electron chi connectivity index (χ4n) is 1.34. The van der Waals surface area contributed by atoms with Crippen molar-refractivity contribution in [1.29, 1.82) is 0 Å². The van der Waals surface area contributed by atoms with Crippen molar-refractivity contribution in [3.8, 4) is 0 Å². The van der Waals surface area contributed by atoms with Crippen LogP contribution in [0.15, 0.2) is 0 Å². The Morgan fingerprint density at radius 1 is 1.20 bits per heavy atom.